The van der Waals surface area contributed by atoms with Crippen molar-refractivity contribution in [2.45, 2.75) is 32.6 Å². The normalized spacial score (nSPS) is 14.4. The van der Waals surface area contributed by atoms with Crippen LogP contribution in [-0.2, 0) is 10.8 Å². The van der Waals surface area contributed by atoms with Crippen molar-refractivity contribution in [1.29, 1.82) is 0 Å². The van der Waals surface area contributed by atoms with Gasteiger partial charge >= 0.3 is 0 Å². The maximum absolute atomic E-state index is 11.8. The number of rotatable bonds is 2. The first-order chi connectivity index (χ1) is 6.88. The van der Waals surface area contributed by atoms with Gasteiger partial charge in [0.05, 0.1) is 10.8 Å². The fourth-order valence-electron chi connectivity index (χ4n) is 1.02. The molecule has 0 amide bonds. The molecule has 0 bridgehead atoms. The van der Waals surface area contributed by atoms with Gasteiger partial charge < -0.3 is 0 Å². The molecule has 0 fully saturated rings. The zero-order chi connectivity index (χ0) is 11.5. The second kappa shape index (κ2) is 4.75. The number of benzene rings is 1. The maximum atomic E-state index is 11.8. The van der Waals surface area contributed by atoms with E-state index in [9.17, 15) is 4.21 Å². The van der Waals surface area contributed by atoms with Gasteiger partial charge in [0.15, 0.2) is 0 Å². The van der Waals surface area contributed by atoms with Crippen LogP contribution in [0, 0.1) is 12.3 Å². The summed E-state index contributed by atoms with van der Waals surface area (Å²) >= 11 is 0. The molecule has 0 unspecified atom stereocenters. The number of allylic oxidation sites excluding steroid dienone is 1. The molecule has 0 aliphatic heterocycles. The van der Waals surface area contributed by atoms with Crippen LogP contribution in [0.15, 0.2) is 40.6 Å². The Morgan fingerprint density at radius 1 is 1.13 bits per heavy atom. The third-order valence-electron chi connectivity index (χ3n) is 1.94. The van der Waals surface area contributed by atoms with Gasteiger partial charge in [0.25, 0.3) is 0 Å². The van der Waals surface area contributed by atoms with E-state index in [-0.39, 0.29) is 5.41 Å². The molecule has 15 heavy (non-hydrogen) atoms. The van der Waals surface area contributed by atoms with Crippen molar-refractivity contribution in [2.24, 2.45) is 5.41 Å². The predicted octanol–water partition coefficient (Wildman–Crippen LogP) is 3.66. The standard InChI is InChI=1S/C13H18OS/c1-11-5-7-12(8-6-11)15(14)10-9-13(2,3)4/h5-10H,1-4H3/b10-9-/t15-/m1/s1. The van der Waals surface area contributed by atoms with Crippen LogP contribution in [0.4, 0.5) is 0 Å². The van der Waals surface area contributed by atoms with Gasteiger partial charge in [-0.3, -0.25) is 0 Å². The van der Waals surface area contributed by atoms with Gasteiger partial charge in [-0.05, 0) is 24.5 Å². The minimum absolute atomic E-state index is 0.0837. The van der Waals surface area contributed by atoms with Crippen LogP contribution in [-0.4, -0.2) is 4.21 Å². The van der Waals surface area contributed by atoms with E-state index in [4.69, 9.17) is 0 Å². The Morgan fingerprint density at radius 3 is 2.13 bits per heavy atom. The molecule has 1 aromatic carbocycles. The first-order valence-corrected chi connectivity index (χ1v) is 6.26. The van der Waals surface area contributed by atoms with Crippen LogP contribution in [0.5, 0.6) is 0 Å². The van der Waals surface area contributed by atoms with E-state index in [1.54, 1.807) is 5.41 Å². The Bertz CT molecular complexity index is 369. The van der Waals surface area contributed by atoms with E-state index in [1.807, 2.05) is 37.3 Å². The third-order valence-corrected chi connectivity index (χ3v) is 3.06. The Labute approximate surface area is 94.7 Å². The summed E-state index contributed by atoms with van der Waals surface area (Å²) in [5, 5.41) is 1.77. The van der Waals surface area contributed by atoms with E-state index in [2.05, 4.69) is 20.8 Å². The smallest absolute Gasteiger partial charge is 0.0772 e. The van der Waals surface area contributed by atoms with E-state index in [1.165, 1.54) is 5.56 Å². The van der Waals surface area contributed by atoms with E-state index in [0.717, 1.165) is 4.90 Å². The van der Waals surface area contributed by atoms with Crippen LogP contribution in [0.3, 0.4) is 0 Å². The first kappa shape index (κ1) is 12.2. The van der Waals surface area contributed by atoms with Crippen molar-refractivity contribution in [1.82, 2.24) is 0 Å². The van der Waals surface area contributed by atoms with Crippen LogP contribution in [0.2, 0.25) is 0 Å². The van der Waals surface area contributed by atoms with Gasteiger partial charge in [0.1, 0.15) is 0 Å². The molecule has 1 rings (SSSR count). The molecule has 0 spiro atoms. The quantitative estimate of drug-likeness (QED) is 0.746. The first-order valence-electron chi connectivity index (χ1n) is 5.05. The summed E-state index contributed by atoms with van der Waals surface area (Å²) < 4.78 is 11.8. The summed E-state index contributed by atoms with van der Waals surface area (Å²) in [6, 6.07) is 7.80. The molecular formula is C13H18OS. The molecule has 1 aromatic rings. The Kier molecular flexibility index (Phi) is 3.86. The van der Waals surface area contributed by atoms with Crippen LogP contribution in [0.1, 0.15) is 26.3 Å². The topological polar surface area (TPSA) is 17.1 Å². The molecule has 0 aliphatic carbocycles. The van der Waals surface area contributed by atoms with Crippen molar-refractivity contribution in [3.8, 4) is 0 Å². The predicted molar refractivity (Wildman–Crippen MR) is 66.2 cm³/mol. The lowest BCUT2D eigenvalue weighted by Gasteiger charge is -2.10. The van der Waals surface area contributed by atoms with Crippen molar-refractivity contribution in [3.63, 3.8) is 0 Å². The zero-order valence-electron chi connectivity index (χ0n) is 9.78. The Balaban J connectivity index is 2.78. The molecule has 2 heteroatoms. The van der Waals surface area contributed by atoms with Crippen molar-refractivity contribution in [3.05, 3.63) is 41.3 Å². The SMILES string of the molecule is Cc1ccc([S@](=O)/C=C\C(C)(C)C)cc1. The molecule has 0 N–H and O–H groups in total. The molecule has 0 aliphatic rings. The molecule has 0 saturated heterocycles. The van der Waals surface area contributed by atoms with Crippen LogP contribution < -0.4 is 0 Å². The minimum atomic E-state index is -1.02. The summed E-state index contributed by atoms with van der Waals surface area (Å²) in [6.07, 6.45) is 1.99. The lowest BCUT2D eigenvalue weighted by molar-refractivity contribution is 0.545. The number of aryl methyl sites for hydroxylation is 1. The summed E-state index contributed by atoms with van der Waals surface area (Å²) in [5.74, 6) is 0. The van der Waals surface area contributed by atoms with Gasteiger partial charge in [-0.15, -0.1) is 0 Å². The zero-order valence-corrected chi connectivity index (χ0v) is 10.6. The molecule has 0 aromatic heterocycles. The van der Waals surface area contributed by atoms with Crippen molar-refractivity contribution >= 4 is 10.8 Å². The van der Waals surface area contributed by atoms with Gasteiger partial charge in [0, 0.05) is 10.3 Å². The van der Waals surface area contributed by atoms with Crippen LogP contribution in [0.25, 0.3) is 0 Å². The average molecular weight is 222 g/mol. The second-order valence-corrected chi connectivity index (χ2v) is 6.12. The van der Waals surface area contributed by atoms with E-state index in [0.29, 0.717) is 0 Å². The van der Waals surface area contributed by atoms with Gasteiger partial charge in [0.2, 0.25) is 0 Å². The molecule has 0 radical (unpaired) electrons. The third kappa shape index (κ3) is 4.43. The monoisotopic (exact) mass is 222 g/mol. The largest absolute Gasteiger partial charge is 0.250 e. The summed E-state index contributed by atoms with van der Waals surface area (Å²) in [6.45, 7) is 8.30. The summed E-state index contributed by atoms with van der Waals surface area (Å²) in [5.41, 5.74) is 1.27. The fraction of sp³-hybridized carbons (Fsp3) is 0.385. The fourth-order valence-corrected chi connectivity index (χ4v) is 2.11. The molecular weight excluding hydrogens is 204 g/mol. The Hall–Kier alpha value is -0.890. The van der Waals surface area contributed by atoms with Crippen LogP contribution >= 0.6 is 0 Å². The lowest BCUT2D eigenvalue weighted by atomic mass is 9.98. The van der Waals surface area contributed by atoms with E-state index >= 15 is 0 Å². The Morgan fingerprint density at radius 2 is 1.67 bits per heavy atom. The second-order valence-electron chi connectivity index (χ2n) is 4.78. The van der Waals surface area contributed by atoms with E-state index < -0.39 is 10.8 Å². The van der Waals surface area contributed by atoms with Crippen molar-refractivity contribution in [2.75, 3.05) is 0 Å². The van der Waals surface area contributed by atoms with Gasteiger partial charge in [-0.2, -0.15) is 0 Å². The highest BCUT2D eigenvalue weighted by Crippen LogP contribution is 2.17. The minimum Gasteiger partial charge on any atom is -0.250 e. The number of hydrogen-bond acceptors (Lipinski definition) is 1. The average Bonchev–Trinajstić information content (AvgIpc) is 2.14. The van der Waals surface area contributed by atoms with Crippen molar-refractivity contribution < 1.29 is 4.21 Å². The summed E-state index contributed by atoms with van der Waals surface area (Å²) in [7, 11) is -1.02. The lowest BCUT2D eigenvalue weighted by Crippen LogP contribution is -1.99. The van der Waals surface area contributed by atoms with Gasteiger partial charge in [-0.25, -0.2) is 4.21 Å². The summed E-state index contributed by atoms with van der Waals surface area (Å²) in [4.78, 5) is 0.862. The molecule has 0 saturated carbocycles. The highest BCUT2D eigenvalue weighted by molar-refractivity contribution is 7.88. The number of hydrogen-bond donors (Lipinski definition) is 0. The maximum Gasteiger partial charge on any atom is 0.0772 e. The van der Waals surface area contributed by atoms with Gasteiger partial charge in [-0.1, -0.05) is 44.5 Å². The molecule has 82 valence electrons. The highest BCUT2D eigenvalue weighted by Gasteiger charge is 2.05. The molecule has 1 atom stereocenters. The molecule has 0 heterocycles. The molecule has 1 nitrogen and oxygen atoms in total. The highest BCUT2D eigenvalue weighted by atomic mass is 32.2.